The van der Waals surface area contributed by atoms with Crippen LogP contribution in [0, 0.1) is 5.92 Å². The van der Waals surface area contributed by atoms with Crippen molar-refractivity contribution >= 4 is 41.4 Å². The maximum absolute atomic E-state index is 13.1. The van der Waals surface area contributed by atoms with Gasteiger partial charge in [0.05, 0.1) is 6.04 Å². The third-order valence-electron chi connectivity index (χ3n) is 5.40. The molecule has 36 heavy (non-hydrogen) atoms. The van der Waals surface area contributed by atoms with E-state index in [-0.39, 0.29) is 31.3 Å². The first-order chi connectivity index (χ1) is 16.9. The number of hydrogen-bond donors (Lipinski definition) is 8. The Kier molecular flexibility index (Phi) is 17.3. The molecule has 0 saturated carbocycles. The fourth-order valence-electron chi connectivity index (χ4n) is 3.14. The van der Waals surface area contributed by atoms with Crippen LogP contribution in [0.1, 0.15) is 52.4 Å². The van der Waals surface area contributed by atoms with Crippen LogP contribution in [0.5, 0.6) is 0 Å². The molecular formula is C22H44N8O5S. The van der Waals surface area contributed by atoms with Crippen molar-refractivity contribution in [2.45, 2.75) is 76.5 Å². The van der Waals surface area contributed by atoms with Crippen molar-refractivity contribution < 1.29 is 24.3 Å². The number of guanidine groups is 1. The molecule has 0 saturated heterocycles. The van der Waals surface area contributed by atoms with Gasteiger partial charge in [-0.15, -0.1) is 0 Å². The summed E-state index contributed by atoms with van der Waals surface area (Å²) in [5, 5.41) is 17.4. The van der Waals surface area contributed by atoms with Crippen LogP contribution in [0.15, 0.2) is 4.99 Å². The summed E-state index contributed by atoms with van der Waals surface area (Å²) in [4.78, 5) is 54.0. The average Bonchev–Trinajstić information content (AvgIpc) is 2.81. The second-order valence-corrected chi connectivity index (χ2v) is 9.79. The number of carboxylic acids is 1. The molecule has 0 heterocycles. The lowest BCUT2D eigenvalue weighted by Gasteiger charge is -2.25. The van der Waals surface area contributed by atoms with Gasteiger partial charge in [0.2, 0.25) is 17.7 Å². The van der Waals surface area contributed by atoms with Crippen LogP contribution >= 0.6 is 11.8 Å². The van der Waals surface area contributed by atoms with Crippen molar-refractivity contribution in [2.24, 2.45) is 33.8 Å². The Labute approximate surface area is 217 Å². The number of amides is 3. The lowest BCUT2D eigenvalue weighted by atomic mass is 10.0. The smallest absolute Gasteiger partial charge is 0.326 e. The van der Waals surface area contributed by atoms with E-state index in [1.807, 2.05) is 6.26 Å². The van der Waals surface area contributed by atoms with Gasteiger partial charge >= 0.3 is 5.97 Å². The van der Waals surface area contributed by atoms with Crippen molar-refractivity contribution in [3.05, 3.63) is 0 Å². The zero-order valence-corrected chi connectivity index (χ0v) is 22.3. The molecule has 13 nitrogen and oxygen atoms in total. The van der Waals surface area contributed by atoms with Gasteiger partial charge in [0.1, 0.15) is 18.1 Å². The third-order valence-corrected chi connectivity index (χ3v) is 6.05. The van der Waals surface area contributed by atoms with Gasteiger partial charge in [-0.05, 0) is 63.0 Å². The molecular weight excluding hydrogens is 488 g/mol. The third kappa shape index (κ3) is 14.1. The molecule has 0 spiro atoms. The molecule has 208 valence electrons. The van der Waals surface area contributed by atoms with Gasteiger partial charge in [-0.2, -0.15) is 11.8 Å². The van der Waals surface area contributed by atoms with E-state index in [2.05, 4.69) is 20.9 Å². The van der Waals surface area contributed by atoms with E-state index in [0.717, 1.165) is 0 Å². The summed E-state index contributed by atoms with van der Waals surface area (Å²) in [7, 11) is 0. The van der Waals surface area contributed by atoms with Crippen molar-refractivity contribution in [3.8, 4) is 0 Å². The molecule has 0 aliphatic carbocycles. The van der Waals surface area contributed by atoms with E-state index < -0.39 is 47.9 Å². The van der Waals surface area contributed by atoms with E-state index >= 15 is 0 Å². The molecule has 3 amide bonds. The maximum atomic E-state index is 13.1. The highest BCUT2D eigenvalue weighted by atomic mass is 32.2. The van der Waals surface area contributed by atoms with E-state index in [4.69, 9.17) is 22.9 Å². The highest BCUT2D eigenvalue weighted by molar-refractivity contribution is 7.98. The largest absolute Gasteiger partial charge is 0.480 e. The number of carbonyl (C=O) groups is 4. The van der Waals surface area contributed by atoms with Gasteiger partial charge in [0.25, 0.3) is 0 Å². The number of unbranched alkanes of at least 4 members (excludes halogenated alkanes) is 1. The molecule has 0 aromatic carbocycles. The van der Waals surface area contributed by atoms with E-state index in [0.29, 0.717) is 38.0 Å². The molecule has 0 aromatic heterocycles. The normalized spacial score (nSPS) is 14.3. The number of carbonyl (C=O) groups excluding carboxylic acids is 3. The Bertz CT molecular complexity index is 733. The topological polar surface area (TPSA) is 241 Å². The minimum Gasteiger partial charge on any atom is -0.480 e. The molecule has 0 bridgehead atoms. The van der Waals surface area contributed by atoms with Gasteiger partial charge in [0, 0.05) is 6.54 Å². The van der Waals surface area contributed by atoms with Crippen molar-refractivity contribution in [1.29, 1.82) is 0 Å². The van der Waals surface area contributed by atoms with Crippen LogP contribution in [-0.4, -0.2) is 84.0 Å². The van der Waals surface area contributed by atoms with E-state index in [9.17, 15) is 24.3 Å². The number of aliphatic carboxylic acids is 1. The molecule has 12 N–H and O–H groups in total. The van der Waals surface area contributed by atoms with Crippen LogP contribution in [0.2, 0.25) is 0 Å². The predicted octanol–water partition coefficient (Wildman–Crippen LogP) is -1.56. The summed E-state index contributed by atoms with van der Waals surface area (Å²) in [6, 6.07) is -3.87. The summed E-state index contributed by atoms with van der Waals surface area (Å²) in [5.74, 6) is -2.48. The van der Waals surface area contributed by atoms with Gasteiger partial charge in [0.15, 0.2) is 5.96 Å². The molecule has 14 heteroatoms. The summed E-state index contributed by atoms with van der Waals surface area (Å²) < 4.78 is 0. The van der Waals surface area contributed by atoms with Crippen molar-refractivity contribution in [1.82, 2.24) is 16.0 Å². The fraction of sp³-hybridized carbons (Fsp3) is 0.773. The quantitative estimate of drug-likeness (QED) is 0.0540. The summed E-state index contributed by atoms with van der Waals surface area (Å²) >= 11 is 1.51. The van der Waals surface area contributed by atoms with E-state index in [1.165, 1.54) is 11.8 Å². The first-order valence-corrected chi connectivity index (χ1v) is 13.5. The number of nitrogens with zero attached hydrogens (tertiary/aromatic N) is 1. The Hall–Kier alpha value is -2.58. The zero-order valence-electron chi connectivity index (χ0n) is 21.5. The summed E-state index contributed by atoms with van der Waals surface area (Å²) in [6.07, 6.45) is 4.05. The number of rotatable bonds is 19. The molecule has 0 radical (unpaired) electrons. The number of nitrogens with one attached hydrogen (secondary N) is 3. The lowest BCUT2D eigenvalue weighted by molar-refractivity contribution is -0.142. The number of thioether (sulfide) groups is 1. The number of carboxylic acid groups (broad SMARTS) is 1. The zero-order chi connectivity index (χ0) is 27.7. The highest BCUT2D eigenvalue weighted by Gasteiger charge is 2.30. The second kappa shape index (κ2) is 18.7. The minimum absolute atomic E-state index is 0.0980. The van der Waals surface area contributed by atoms with Crippen LogP contribution < -0.4 is 38.9 Å². The van der Waals surface area contributed by atoms with Crippen LogP contribution in [-0.2, 0) is 19.2 Å². The number of aliphatic imine (C=N–C) groups is 1. The Morgan fingerprint density at radius 3 is 1.89 bits per heavy atom. The first kappa shape index (κ1) is 33.4. The van der Waals surface area contributed by atoms with Gasteiger partial charge < -0.3 is 44.0 Å². The first-order valence-electron chi connectivity index (χ1n) is 12.1. The summed E-state index contributed by atoms with van der Waals surface area (Å²) in [6.45, 7) is 4.22. The number of hydrogen-bond acceptors (Lipinski definition) is 8. The Morgan fingerprint density at radius 2 is 1.39 bits per heavy atom. The molecule has 4 atom stereocenters. The standard InChI is InChI=1S/C22H44N8O5S/c1-13(2)17(24)20(33)29-15(9-12-36-3)19(32)28-14(7-4-5-10-23)18(31)30-16(21(34)35)8-6-11-27-22(25)26/h13-17H,4-12,23-24H2,1-3H3,(H,28,32)(H,29,33)(H,30,31)(H,34,35)(H4,25,26,27). The highest BCUT2D eigenvalue weighted by Crippen LogP contribution is 2.08. The van der Waals surface area contributed by atoms with Gasteiger partial charge in [-0.3, -0.25) is 19.4 Å². The average molecular weight is 533 g/mol. The monoisotopic (exact) mass is 532 g/mol. The Morgan fingerprint density at radius 1 is 0.861 bits per heavy atom. The minimum atomic E-state index is -1.21. The Balaban J connectivity index is 5.46. The molecule has 0 aliphatic heterocycles. The molecule has 0 aliphatic rings. The maximum Gasteiger partial charge on any atom is 0.326 e. The predicted molar refractivity (Wildman–Crippen MR) is 142 cm³/mol. The van der Waals surface area contributed by atoms with Crippen molar-refractivity contribution in [3.63, 3.8) is 0 Å². The summed E-state index contributed by atoms with van der Waals surface area (Å²) in [5.41, 5.74) is 22.0. The fourth-order valence-corrected chi connectivity index (χ4v) is 3.61. The van der Waals surface area contributed by atoms with Crippen molar-refractivity contribution in [2.75, 3.05) is 25.1 Å². The lowest BCUT2D eigenvalue weighted by Crippen LogP contribution is -2.57. The SMILES string of the molecule is CSCCC(NC(=O)C(N)C(C)C)C(=O)NC(CCCCN)C(=O)NC(CCCN=C(N)N)C(=O)O. The molecule has 0 rings (SSSR count). The van der Waals surface area contributed by atoms with E-state index in [1.54, 1.807) is 13.8 Å². The van der Waals surface area contributed by atoms with Gasteiger partial charge in [-0.1, -0.05) is 13.8 Å². The van der Waals surface area contributed by atoms with Crippen LogP contribution in [0.25, 0.3) is 0 Å². The molecule has 0 fully saturated rings. The molecule has 0 aromatic rings. The number of nitrogens with two attached hydrogens (primary N) is 4. The van der Waals surface area contributed by atoms with Gasteiger partial charge in [-0.25, -0.2) is 4.79 Å². The molecule has 4 unspecified atom stereocenters. The van der Waals surface area contributed by atoms with Crippen LogP contribution in [0.4, 0.5) is 0 Å². The second-order valence-electron chi connectivity index (χ2n) is 8.81. The van der Waals surface area contributed by atoms with Crippen LogP contribution in [0.3, 0.4) is 0 Å².